The second-order valence-electron chi connectivity index (χ2n) is 18.7. The predicted molar refractivity (Wildman–Crippen MR) is 311 cm³/mol. The Balaban J connectivity index is 0.919. The van der Waals surface area contributed by atoms with E-state index in [0.29, 0.717) is 0 Å². The van der Waals surface area contributed by atoms with Crippen molar-refractivity contribution in [2.24, 2.45) is 0 Å². The first kappa shape index (κ1) is 45.0. The van der Waals surface area contributed by atoms with Gasteiger partial charge < -0.3 is 14.4 Å². The highest BCUT2D eigenvalue weighted by molar-refractivity contribution is 6.10. The maximum Gasteiger partial charge on any atom is 0.0542 e. The van der Waals surface area contributed by atoms with Gasteiger partial charge in [-0.3, -0.25) is 0 Å². The first-order valence-electron chi connectivity index (χ1n) is 25.5. The topological polar surface area (TPSA) is 11.4 Å². The van der Waals surface area contributed by atoms with Crippen LogP contribution in [0.15, 0.2) is 273 Å². The molecule has 0 fully saturated rings. The molecule has 0 N–H and O–H groups in total. The summed E-state index contributed by atoms with van der Waals surface area (Å²) in [5, 5.41) is 2.44. The molecule has 0 aliphatic rings. The second-order valence-corrected chi connectivity index (χ2v) is 18.7. The Morgan fingerprint density at radius 3 is 1.15 bits per heavy atom. The summed E-state index contributed by atoms with van der Waals surface area (Å²) in [6.07, 6.45) is 1.94. The average Bonchev–Trinajstić information content (AvgIpc) is 3.80. The van der Waals surface area contributed by atoms with Crippen LogP contribution in [0.1, 0.15) is 25.0 Å². The number of hydrogen-bond donors (Lipinski definition) is 0. The van der Waals surface area contributed by atoms with Gasteiger partial charge in [0, 0.05) is 50.6 Å². The lowest BCUT2D eigenvalue weighted by atomic mass is 9.92. The van der Waals surface area contributed by atoms with Gasteiger partial charge in [0.15, 0.2) is 0 Å². The van der Waals surface area contributed by atoms with Crippen LogP contribution >= 0.6 is 0 Å². The first-order chi connectivity index (χ1) is 36.1. The van der Waals surface area contributed by atoms with Crippen molar-refractivity contribution in [2.75, 3.05) is 9.80 Å². The molecule has 1 aromatic heterocycles. The number of para-hydroxylation sites is 2. The number of aryl methyl sites for hydroxylation is 2. The van der Waals surface area contributed by atoms with E-state index in [2.05, 4.69) is 301 Å². The number of rotatable bonds is 13. The monoisotopic (exact) mass is 937 g/mol. The Bertz CT molecular complexity index is 3820. The van der Waals surface area contributed by atoms with Crippen molar-refractivity contribution in [1.29, 1.82) is 0 Å². The Morgan fingerprint density at radius 1 is 0.274 bits per heavy atom. The quantitative estimate of drug-likeness (QED) is 0.114. The normalized spacial score (nSPS) is 11.3. The lowest BCUT2D eigenvalue weighted by Gasteiger charge is -2.27. The van der Waals surface area contributed by atoms with Crippen molar-refractivity contribution in [3.63, 3.8) is 0 Å². The summed E-state index contributed by atoms with van der Waals surface area (Å²) >= 11 is 0. The van der Waals surface area contributed by atoms with E-state index in [0.717, 1.165) is 63.8 Å². The number of benzene rings is 11. The van der Waals surface area contributed by atoms with Gasteiger partial charge in [-0.15, -0.1) is 0 Å². The van der Waals surface area contributed by atoms with Crippen molar-refractivity contribution < 1.29 is 0 Å². The van der Waals surface area contributed by atoms with Gasteiger partial charge in [-0.25, -0.2) is 0 Å². The number of anilines is 6. The maximum absolute atomic E-state index is 2.40. The van der Waals surface area contributed by atoms with Crippen LogP contribution in [0.3, 0.4) is 0 Å². The number of hydrogen-bond acceptors (Lipinski definition) is 2. The fraction of sp³-hybridized carbons (Fsp3) is 0.0571. The predicted octanol–water partition coefficient (Wildman–Crippen LogP) is 19.5. The molecule has 0 atom stereocenters. The number of aromatic nitrogens is 1. The van der Waals surface area contributed by atoms with Gasteiger partial charge in [0.2, 0.25) is 0 Å². The molecule has 11 aromatic carbocycles. The van der Waals surface area contributed by atoms with Crippen molar-refractivity contribution in [3.05, 3.63) is 284 Å². The molecule has 0 saturated carbocycles. The van der Waals surface area contributed by atoms with Crippen LogP contribution in [0.2, 0.25) is 0 Å². The van der Waals surface area contributed by atoms with Crippen LogP contribution in [0.4, 0.5) is 34.1 Å². The van der Waals surface area contributed by atoms with E-state index < -0.39 is 0 Å². The zero-order chi connectivity index (χ0) is 49.1. The van der Waals surface area contributed by atoms with Crippen molar-refractivity contribution in [3.8, 4) is 50.2 Å². The third-order valence-electron chi connectivity index (χ3n) is 14.4. The summed E-state index contributed by atoms with van der Waals surface area (Å²) in [5.41, 5.74) is 22.5. The zero-order valence-electron chi connectivity index (χ0n) is 41.2. The molecule has 12 rings (SSSR count). The molecule has 350 valence electrons. The summed E-state index contributed by atoms with van der Waals surface area (Å²) in [6.45, 7) is 4.50. The highest BCUT2D eigenvalue weighted by Gasteiger charge is 2.20. The molecule has 1 heterocycles. The van der Waals surface area contributed by atoms with Gasteiger partial charge in [-0.05, 0) is 166 Å². The van der Waals surface area contributed by atoms with E-state index in [4.69, 9.17) is 0 Å². The zero-order valence-corrected chi connectivity index (χ0v) is 41.2. The lowest BCUT2D eigenvalue weighted by molar-refractivity contribution is 1.12. The molecule has 12 aromatic rings. The second kappa shape index (κ2) is 19.9. The summed E-state index contributed by atoms with van der Waals surface area (Å²) in [7, 11) is 0. The van der Waals surface area contributed by atoms with E-state index in [1.807, 2.05) is 0 Å². The Kier molecular flexibility index (Phi) is 12.3. The van der Waals surface area contributed by atoms with E-state index in [1.165, 1.54) is 66.3 Å². The third kappa shape index (κ3) is 8.77. The summed E-state index contributed by atoms with van der Waals surface area (Å²) in [5.74, 6) is 0. The van der Waals surface area contributed by atoms with Gasteiger partial charge in [0.05, 0.1) is 11.0 Å². The Labute approximate surface area is 429 Å². The molecule has 0 aliphatic carbocycles. The van der Waals surface area contributed by atoms with Gasteiger partial charge in [-0.1, -0.05) is 190 Å². The highest BCUT2D eigenvalue weighted by atomic mass is 15.1. The lowest BCUT2D eigenvalue weighted by Crippen LogP contribution is -2.10. The van der Waals surface area contributed by atoms with Crippen LogP contribution in [-0.4, -0.2) is 4.57 Å². The van der Waals surface area contributed by atoms with Gasteiger partial charge in [0.25, 0.3) is 0 Å². The standard InChI is InChI=1S/C70H55N3/c1-3-50-18-14-15-25-65(50)67-48-63(45-28-51(67)4-2)71(59-37-29-54(30-38-59)52-19-8-5-9-20-52)60-41-33-56(34-42-60)57-35-43-62(44-36-57)72(61-39-31-55(32-40-61)53-21-10-6-11-22-53)64-46-47-70-68(49-64)66-26-16-17-27-69(66)73(70)58-23-12-7-13-24-58/h5-49H,3-4H2,1-2H3. The molecule has 0 bridgehead atoms. The molecule has 0 saturated heterocycles. The maximum atomic E-state index is 2.40. The Hall–Kier alpha value is -9.18. The minimum Gasteiger partial charge on any atom is -0.310 e. The molecule has 73 heavy (non-hydrogen) atoms. The van der Waals surface area contributed by atoms with Gasteiger partial charge >= 0.3 is 0 Å². The molecule has 0 aliphatic heterocycles. The number of fused-ring (bicyclic) bond motifs is 3. The SMILES string of the molecule is CCc1ccccc1-c1cc(N(c2ccc(-c3ccccc3)cc2)c2ccc(-c3ccc(N(c4ccc(-c5ccccc5)cc4)c4ccc5c(c4)c4ccccc4n5-c4ccccc4)cc3)cc2)ccc1CC. The van der Waals surface area contributed by atoms with E-state index >= 15 is 0 Å². The minimum absolute atomic E-state index is 0.959. The van der Waals surface area contributed by atoms with Crippen LogP contribution in [0.25, 0.3) is 72.0 Å². The molecule has 0 radical (unpaired) electrons. The van der Waals surface area contributed by atoms with Crippen LogP contribution in [-0.2, 0) is 12.8 Å². The summed E-state index contributed by atoms with van der Waals surface area (Å²) in [4.78, 5) is 4.78. The van der Waals surface area contributed by atoms with Gasteiger partial charge in [-0.2, -0.15) is 0 Å². The minimum atomic E-state index is 0.959. The molecule has 3 heteroatoms. The van der Waals surface area contributed by atoms with Crippen molar-refractivity contribution >= 4 is 55.9 Å². The highest BCUT2D eigenvalue weighted by Crippen LogP contribution is 2.43. The molecule has 0 spiro atoms. The summed E-state index contributed by atoms with van der Waals surface area (Å²) in [6, 6.07) is 99.4. The van der Waals surface area contributed by atoms with Crippen molar-refractivity contribution in [2.45, 2.75) is 26.7 Å². The molecule has 0 amide bonds. The smallest absolute Gasteiger partial charge is 0.0542 e. The fourth-order valence-electron chi connectivity index (χ4n) is 10.7. The van der Waals surface area contributed by atoms with Crippen LogP contribution in [0.5, 0.6) is 0 Å². The number of nitrogens with zero attached hydrogens (tertiary/aromatic N) is 3. The molecular weight excluding hydrogens is 883 g/mol. The van der Waals surface area contributed by atoms with Crippen molar-refractivity contribution in [1.82, 2.24) is 4.57 Å². The average molecular weight is 938 g/mol. The first-order valence-corrected chi connectivity index (χ1v) is 25.5. The van der Waals surface area contributed by atoms with Crippen LogP contribution < -0.4 is 9.80 Å². The third-order valence-corrected chi connectivity index (χ3v) is 14.4. The fourth-order valence-corrected chi connectivity index (χ4v) is 10.7. The van der Waals surface area contributed by atoms with E-state index in [1.54, 1.807) is 0 Å². The van der Waals surface area contributed by atoms with E-state index in [9.17, 15) is 0 Å². The van der Waals surface area contributed by atoms with E-state index in [-0.39, 0.29) is 0 Å². The Morgan fingerprint density at radius 2 is 0.644 bits per heavy atom. The molecule has 0 unspecified atom stereocenters. The van der Waals surface area contributed by atoms with Gasteiger partial charge in [0.1, 0.15) is 0 Å². The molecule has 3 nitrogen and oxygen atoms in total. The molecular formula is C70H55N3. The van der Waals surface area contributed by atoms with Crippen LogP contribution in [0, 0.1) is 0 Å². The largest absolute Gasteiger partial charge is 0.310 e. The summed E-state index contributed by atoms with van der Waals surface area (Å²) < 4.78 is 2.38.